The highest BCUT2D eigenvalue weighted by Gasteiger charge is 2.30. The normalized spacial score (nSPS) is 11.1. The van der Waals surface area contributed by atoms with Gasteiger partial charge in [-0.3, -0.25) is 4.79 Å². The van der Waals surface area contributed by atoms with E-state index in [1.807, 2.05) is 0 Å². The van der Waals surface area contributed by atoms with Crippen LogP contribution in [-0.2, 0) is 22.2 Å². The molecule has 23 heavy (non-hydrogen) atoms. The van der Waals surface area contributed by atoms with Gasteiger partial charge in [0.2, 0.25) is 0 Å². The smallest absolute Gasteiger partial charge is 0.416 e. The van der Waals surface area contributed by atoms with E-state index in [-0.39, 0.29) is 12.2 Å². The van der Waals surface area contributed by atoms with Crippen molar-refractivity contribution in [2.24, 2.45) is 5.90 Å². The van der Waals surface area contributed by atoms with Crippen LogP contribution < -0.4 is 10.6 Å². The number of carbonyl (C=O) groups is 1. The lowest BCUT2D eigenvalue weighted by Crippen LogP contribution is -2.10. The van der Waals surface area contributed by atoms with Crippen molar-refractivity contribution in [1.29, 1.82) is 0 Å². The SMILES string of the molecule is NOC(=O)CCc1cccc(Oc2cccc(C(F)(F)F)c2)c1. The lowest BCUT2D eigenvalue weighted by atomic mass is 10.1. The molecule has 0 fully saturated rings. The highest BCUT2D eigenvalue weighted by Crippen LogP contribution is 2.32. The molecule has 0 unspecified atom stereocenters. The maximum absolute atomic E-state index is 12.7. The largest absolute Gasteiger partial charge is 0.457 e. The molecule has 0 aliphatic heterocycles. The molecule has 0 spiro atoms. The fourth-order valence-electron chi connectivity index (χ4n) is 1.94. The summed E-state index contributed by atoms with van der Waals surface area (Å²) in [6.45, 7) is 0. The lowest BCUT2D eigenvalue weighted by Gasteiger charge is -2.10. The Morgan fingerprint density at radius 1 is 1.04 bits per heavy atom. The van der Waals surface area contributed by atoms with Gasteiger partial charge in [0.05, 0.1) is 12.0 Å². The molecule has 0 aromatic heterocycles. The van der Waals surface area contributed by atoms with Crippen LogP contribution >= 0.6 is 0 Å². The molecule has 0 saturated carbocycles. The summed E-state index contributed by atoms with van der Waals surface area (Å²) in [5.74, 6) is 4.66. The molecule has 0 saturated heterocycles. The molecule has 4 nitrogen and oxygen atoms in total. The molecular weight excluding hydrogens is 311 g/mol. The molecule has 2 rings (SSSR count). The summed E-state index contributed by atoms with van der Waals surface area (Å²) in [5.41, 5.74) is -0.00304. The van der Waals surface area contributed by atoms with Crippen molar-refractivity contribution in [3.8, 4) is 11.5 Å². The molecule has 0 aliphatic carbocycles. The Morgan fingerprint density at radius 3 is 2.35 bits per heavy atom. The van der Waals surface area contributed by atoms with Crippen LogP contribution in [0.25, 0.3) is 0 Å². The molecule has 0 aliphatic rings. The molecular formula is C16H14F3NO3. The molecule has 0 bridgehead atoms. The Balaban J connectivity index is 2.10. The molecule has 2 aromatic carbocycles. The summed E-state index contributed by atoms with van der Waals surface area (Å²) in [4.78, 5) is 15.1. The first kappa shape index (κ1) is 16.8. The zero-order valence-electron chi connectivity index (χ0n) is 12.0. The van der Waals surface area contributed by atoms with E-state index in [0.717, 1.165) is 17.7 Å². The number of alkyl halides is 3. The maximum Gasteiger partial charge on any atom is 0.416 e. The number of aryl methyl sites for hydroxylation is 1. The Labute approximate surface area is 130 Å². The second kappa shape index (κ2) is 7.15. The van der Waals surface area contributed by atoms with Crippen LogP contribution in [0.1, 0.15) is 17.5 Å². The van der Waals surface area contributed by atoms with Crippen LogP contribution in [0.3, 0.4) is 0 Å². The molecule has 0 atom stereocenters. The fraction of sp³-hybridized carbons (Fsp3) is 0.188. The lowest BCUT2D eigenvalue weighted by molar-refractivity contribution is -0.144. The molecule has 0 radical (unpaired) electrons. The highest BCUT2D eigenvalue weighted by atomic mass is 19.4. The van der Waals surface area contributed by atoms with E-state index in [9.17, 15) is 18.0 Å². The van der Waals surface area contributed by atoms with E-state index in [0.29, 0.717) is 12.2 Å². The van der Waals surface area contributed by atoms with Gasteiger partial charge in [0, 0.05) is 0 Å². The summed E-state index contributed by atoms with van der Waals surface area (Å²) in [7, 11) is 0. The second-order valence-corrected chi connectivity index (χ2v) is 4.76. The minimum Gasteiger partial charge on any atom is -0.457 e. The first-order valence-electron chi connectivity index (χ1n) is 6.72. The summed E-state index contributed by atoms with van der Waals surface area (Å²) in [6, 6.07) is 11.3. The number of carbonyl (C=O) groups excluding carboxylic acids is 1. The van der Waals surface area contributed by atoms with Gasteiger partial charge >= 0.3 is 12.1 Å². The van der Waals surface area contributed by atoms with Crippen molar-refractivity contribution in [2.45, 2.75) is 19.0 Å². The summed E-state index contributed by atoms with van der Waals surface area (Å²) < 4.78 is 43.5. The van der Waals surface area contributed by atoms with E-state index in [1.165, 1.54) is 12.1 Å². The molecule has 7 heteroatoms. The molecule has 0 amide bonds. The van der Waals surface area contributed by atoms with Gasteiger partial charge < -0.3 is 9.57 Å². The van der Waals surface area contributed by atoms with Gasteiger partial charge in [0.15, 0.2) is 0 Å². The fourth-order valence-corrected chi connectivity index (χ4v) is 1.94. The van der Waals surface area contributed by atoms with Crippen molar-refractivity contribution < 1.29 is 27.5 Å². The van der Waals surface area contributed by atoms with Gasteiger partial charge in [-0.15, -0.1) is 0 Å². The number of halogens is 3. The second-order valence-electron chi connectivity index (χ2n) is 4.76. The number of nitrogens with two attached hydrogens (primary N) is 1. The average Bonchev–Trinajstić information content (AvgIpc) is 2.52. The number of benzene rings is 2. The van der Waals surface area contributed by atoms with Gasteiger partial charge in [-0.05, 0) is 42.3 Å². The van der Waals surface area contributed by atoms with Crippen LogP contribution in [0.4, 0.5) is 13.2 Å². The topological polar surface area (TPSA) is 61.5 Å². The van der Waals surface area contributed by atoms with Crippen molar-refractivity contribution in [3.05, 3.63) is 59.7 Å². The summed E-state index contributed by atoms with van der Waals surface area (Å²) in [5, 5.41) is 0. The number of ether oxygens (including phenoxy) is 1. The first-order chi connectivity index (χ1) is 10.9. The Bertz CT molecular complexity index is 686. The molecule has 2 N–H and O–H groups in total. The maximum atomic E-state index is 12.7. The van der Waals surface area contributed by atoms with Gasteiger partial charge in [-0.1, -0.05) is 18.2 Å². The minimum atomic E-state index is -4.43. The minimum absolute atomic E-state index is 0.0818. The Kier molecular flexibility index (Phi) is 5.23. The standard InChI is InChI=1S/C16H14F3NO3/c17-16(18,19)12-4-2-6-14(10-12)22-13-5-1-3-11(9-13)7-8-15(21)23-20/h1-6,9-10H,7-8,20H2. The van der Waals surface area contributed by atoms with Crippen molar-refractivity contribution in [2.75, 3.05) is 0 Å². The van der Waals surface area contributed by atoms with Gasteiger partial charge in [-0.2, -0.15) is 19.1 Å². The third-order valence-corrected chi connectivity index (χ3v) is 3.04. The molecule has 122 valence electrons. The zero-order valence-corrected chi connectivity index (χ0v) is 12.0. The van der Waals surface area contributed by atoms with Gasteiger partial charge in [-0.25, -0.2) is 0 Å². The van der Waals surface area contributed by atoms with E-state index >= 15 is 0 Å². The summed E-state index contributed by atoms with van der Waals surface area (Å²) >= 11 is 0. The first-order valence-corrected chi connectivity index (χ1v) is 6.72. The van der Waals surface area contributed by atoms with Gasteiger partial charge in [0.25, 0.3) is 0 Å². The van der Waals surface area contributed by atoms with Crippen LogP contribution in [0.2, 0.25) is 0 Å². The summed E-state index contributed by atoms with van der Waals surface area (Å²) in [6.07, 6.45) is -3.94. The van der Waals surface area contributed by atoms with E-state index in [2.05, 4.69) is 4.84 Å². The van der Waals surface area contributed by atoms with Crippen LogP contribution in [0.5, 0.6) is 11.5 Å². The molecule has 0 heterocycles. The number of rotatable bonds is 5. The van der Waals surface area contributed by atoms with Crippen molar-refractivity contribution in [3.63, 3.8) is 0 Å². The van der Waals surface area contributed by atoms with Gasteiger partial charge in [0.1, 0.15) is 11.5 Å². The van der Waals surface area contributed by atoms with E-state index < -0.39 is 17.7 Å². The van der Waals surface area contributed by atoms with E-state index in [1.54, 1.807) is 24.3 Å². The van der Waals surface area contributed by atoms with Crippen LogP contribution in [0, 0.1) is 0 Å². The third kappa shape index (κ3) is 5.00. The molecule has 2 aromatic rings. The number of hydrogen-bond donors (Lipinski definition) is 1. The predicted octanol–water partition coefficient (Wildman–Crippen LogP) is 3.85. The number of hydrogen-bond acceptors (Lipinski definition) is 4. The predicted molar refractivity (Wildman–Crippen MR) is 76.6 cm³/mol. The monoisotopic (exact) mass is 325 g/mol. The van der Waals surface area contributed by atoms with Crippen molar-refractivity contribution >= 4 is 5.97 Å². The van der Waals surface area contributed by atoms with Crippen molar-refractivity contribution in [1.82, 2.24) is 0 Å². The van der Waals surface area contributed by atoms with Crippen LogP contribution in [0.15, 0.2) is 48.5 Å². The average molecular weight is 325 g/mol. The highest BCUT2D eigenvalue weighted by molar-refractivity contribution is 5.69. The zero-order chi connectivity index (χ0) is 16.9. The Hall–Kier alpha value is -2.54. The van der Waals surface area contributed by atoms with Crippen LogP contribution in [-0.4, -0.2) is 5.97 Å². The Morgan fingerprint density at radius 2 is 1.70 bits per heavy atom. The van der Waals surface area contributed by atoms with E-state index in [4.69, 9.17) is 10.6 Å². The third-order valence-electron chi connectivity index (χ3n) is 3.04. The quantitative estimate of drug-likeness (QED) is 0.848.